The van der Waals surface area contributed by atoms with E-state index in [1.165, 1.54) is 7.05 Å². The molecular weight excluding hydrogens is 313 g/mol. The van der Waals surface area contributed by atoms with E-state index in [4.69, 9.17) is 5.11 Å². The van der Waals surface area contributed by atoms with Crippen molar-refractivity contribution in [1.82, 2.24) is 15.5 Å². The van der Waals surface area contributed by atoms with Crippen LogP contribution in [-0.2, 0) is 4.79 Å². The van der Waals surface area contributed by atoms with Crippen LogP contribution in [0.3, 0.4) is 0 Å². The van der Waals surface area contributed by atoms with Crippen molar-refractivity contribution in [2.75, 3.05) is 26.7 Å². The van der Waals surface area contributed by atoms with Crippen LogP contribution in [0.5, 0.6) is 0 Å². The summed E-state index contributed by atoms with van der Waals surface area (Å²) >= 11 is 0. The van der Waals surface area contributed by atoms with Gasteiger partial charge in [0.2, 0.25) is 5.91 Å². The molecule has 23 heavy (non-hydrogen) atoms. The van der Waals surface area contributed by atoms with E-state index in [0.717, 1.165) is 25.7 Å². The average molecular weight is 336 g/mol. The van der Waals surface area contributed by atoms with Crippen molar-refractivity contribution in [2.45, 2.75) is 44.0 Å². The van der Waals surface area contributed by atoms with Gasteiger partial charge in [0, 0.05) is 32.1 Å². The molecule has 1 unspecified atom stereocenters. The number of guanidine groups is 1. The number of alkyl halides is 3. The van der Waals surface area contributed by atoms with Gasteiger partial charge in [0.1, 0.15) is 0 Å². The molecule has 9 heteroatoms. The molecule has 0 aromatic carbocycles. The molecule has 0 bridgehead atoms. The fourth-order valence-electron chi connectivity index (χ4n) is 2.53. The van der Waals surface area contributed by atoms with E-state index in [1.807, 2.05) is 4.90 Å². The van der Waals surface area contributed by atoms with Gasteiger partial charge in [-0.2, -0.15) is 13.2 Å². The van der Waals surface area contributed by atoms with Crippen LogP contribution in [0.2, 0.25) is 0 Å². The summed E-state index contributed by atoms with van der Waals surface area (Å²) in [5.74, 6) is 0.650. The maximum atomic E-state index is 12.3. The minimum atomic E-state index is -4.65. The summed E-state index contributed by atoms with van der Waals surface area (Å²) in [6.45, 7) is 0.645. The van der Waals surface area contributed by atoms with Gasteiger partial charge in [0.05, 0.1) is 6.54 Å². The minimum Gasteiger partial charge on any atom is -0.382 e. The highest BCUT2D eigenvalue weighted by Crippen LogP contribution is 2.31. The third-order valence-corrected chi connectivity index (χ3v) is 4.14. The van der Waals surface area contributed by atoms with Crippen LogP contribution in [-0.4, -0.2) is 66.9 Å². The lowest BCUT2D eigenvalue weighted by molar-refractivity contribution is -0.201. The van der Waals surface area contributed by atoms with Crippen molar-refractivity contribution in [3.63, 3.8) is 0 Å². The zero-order chi connectivity index (χ0) is 17.0. The van der Waals surface area contributed by atoms with Gasteiger partial charge in [-0.25, -0.2) is 0 Å². The first-order chi connectivity index (χ1) is 10.8. The van der Waals surface area contributed by atoms with Gasteiger partial charge in [0.15, 0.2) is 12.1 Å². The van der Waals surface area contributed by atoms with Gasteiger partial charge >= 0.3 is 6.18 Å². The van der Waals surface area contributed by atoms with Crippen LogP contribution < -0.4 is 10.6 Å². The van der Waals surface area contributed by atoms with Gasteiger partial charge in [-0.05, 0) is 25.7 Å². The molecule has 2 fully saturated rings. The summed E-state index contributed by atoms with van der Waals surface area (Å²) < 4.78 is 36.8. The lowest BCUT2D eigenvalue weighted by Crippen LogP contribution is -2.51. The number of hydrogen-bond donors (Lipinski definition) is 3. The predicted molar refractivity (Wildman–Crippen MR) is 78.9 cm³/mol. The molecule has 1 aliphatic carbocycles. The van der Waals surface area contributed by atoms with E-state index in [-0.39, 0.29) is 23.8 Å². The zero-order valence-corrected chi connectivity index (χ0v) is 13.1. The van der Waals surface area contributed by atoms with E-state index >= 15 is 0 Å². The van der Waals surface area contributed by atoms with Crippen molar-refractivity contribution in [1.29, 1.82) is 0 Å². The number of aliphatic imine (C=N–C) groups is 1. The normalized spacial score (nSPS) is 22.0. The lowest BCUT2D eigenvalue weighted by atomic mass is 10.0. The maximum absolute atomic E-state index is 12.3. The second kappa shape index (κ2) is 7.37. The SMILES string of the molecule is CN=C(NCC(O)C(F)(F)F)NC1CCN(C(=O)C2CC2)CC1. The van der Waals surface area contributed by atoms with Crippen molar-refractivity contribution < 1.29 is 23.1 Å². The topological polar surface area (TPSA) is 77.0 Å². The highest BCUT2D eigenvalue weighted by molar-refractivity contribution is 5.81. The molecule has 0 aromatic rings. The van der Waals surface area contributed by atoms with E-state index in [9.17, 15) is 18.0 Å². The molecule has 0 radical (unpaired) electrons. The molecule has 6 nitrogen and oxygen atoms in total. The van der Waals surface area contributed by atoms with Crippen LogP contribution in [0.15, 0.2) is 4.99 Å². The molecule has 1 amide bonds. The second-order valence-electron chi connectivity index (χ2n) is 6.03. The van der Waals surface area contributed by atoms with Gasteiger partial charge in [0.25, 0.3) is 0 Å². The van der Waals surface area contributed by atoms with E-state index < -0.39 is 18.8 Å². The molecule has 2 aliphatic rings. The third kappa shape index (κ3) is 5.26. The van der Waals surface area contributed by atoms with Crippen molar-refractivity contribution in [2.24, 2.45) is 10.9 Å². The molecule has 1 aliphatic heterocycles. The van der Waals surface area contributed by atoms with E-state index in [2.05, 4.69) is 15.6 Å². The Kier molecular flexibility index (Phi) is 5.72. The summed E-state index contributed by atoms with van der Waals surface area (Å²) in [7, 11) is 1.46. The number of rotatable bonds is 4. The Balaban J connectivity index is 1.72. The smallest absolute Gasteiger partial charge is 0.382 e. The first kappa shape index (κ1) is 17.8. The number of aliphatic hydroxyl groups is 1. The largest absolute Gasteiger partial charge is 0.416 e. The number of nitrogens with one attached hydrogen (secondary N) is 2. The highest BCUT2D eigenvalue weighted by atomic mass is 19.4. The first-order valence-corrected chi connectivity index (χ1v) is 7.82. The van der Waals surface area contributed by atoms with Crippen LogP contribution in [0.4, 0.5) is 13.2 Å². The summed E-state index contributed by atoms with van der Waals surface area (Å²) in [5, 5.41) is 14.5. The maximum Gasteiger partial charge on any atom is 0.416 e. The summed E-state index contributed by atoms with van der Waals surface area (Å²) in [5.41, 5.74) is 0. The number of carbonyl (C=O) groups excluding carboxylic acids is 1. The van der Waals surface area contributed by atoms with Gasteiger partial charge in [-0.1, -0.05) is 0 Å². The van der Waals surface area contributed by atoms with Crippen LogP contribution in [0.1, 0.15) is 25.7 Å². The average Bonchev–Trinajstić information content (AvgIpc) is 3.34. The number of halogens is 3. The van der Waals surface area contributed by atoms with Gasteiger partial charge < -0.3 is 20.6 Å². The molecule has 1 heterocycles. The Morgan fingerprint density at radius 2 is 1.91 bits per heavy atom. The van der Waals surface area contributed by atoms with Crippen LogP contribution in [0, 0.1) is 5.92 Å². The van der Waals surface area contributed by atoms with Gasteiger partial charge in [-0.15, -0.1) is 0 Å². The third-order valence-electron chi connectivity index (χ3n) is 4.14. The summed E-state index contributed by atoms with van der Waals surface area (Å²) in [6.07, 6.45) is -3.67. The van der Waals surface area contributed by atoms with Crippen LogP contribution >= 0.6 is 0 Å². The Morgan fingerprint density at radius 1 is 1.30 bits per heavy atom. The Hall–Kier alpha value is -1.51. The van der Waals surface area contributed by atoms with Crippen molar-refractivity contribution in [3.05, 3.63) is 0 Å². The molecule has 0 aromatic heterocycles. The number of likely N-dealkylation sites (tertiary alicyclic amines) is 1. The molecule has 3 N–H and O–H groups in total. The molecule has 132 valence electrons. The van der Waals surface area contributed by atoms with Gasteiger partial charge in [-0.3, -0.25) is 9.79 Å². The zero-order valence-electron chi connectivity index (χ0n) is 13.1. The molecular formula is C14H23F3N4O2. The van der Waals surface area contributed by atoms with Crippen molar-refractivity contribution >= 4 is 11.9 Å². The monoisotopic (exact) mass is 336 g/mol. The quantitative estimate of drug-likeness (QED) is 0.515. The second-order valence-corrected chi connectivity index (χ2v) is 6.03. The fourth-order valence-corrected chi connectivity index (χ4v) is 2.53. The number of aliphatic hydroxyl groups excluding tert-OH is 1. The Bertz CT molecular complexity index is 444. The minimum absolute atomic E-state index is 0.0486. The molecule has 1 saturated heterocycles. The number of hydrogen-bond acceptors (Lipinski definition) is 3. The van der Waals surface area contributed by atoms with Crippen molar-refractivity contribution in [3.8, 4) is 0 Å². The van der Waals surface area contributed by atoms with E-state index in [1.54, 1.807) is 0 Å². The molecule has 1 atom stereocenters. The Morgan fingerprint density at radius 3 is 2.39 bits per heavy atom. The number of nitrogens with zero attached hydrogens (tertiary/aromatic N) is 2. The predicted octanol–water partition coefficient (Wildman–Crippen LogP) is 0.476. The first-order valence-electron chi connectivity index (χ1n) is 7.82. The summed E-state index contributed by atoms with van der Waals surface area (Å²) in [6, 6.07) is 0.0486. The number of piperidine rings is 1. The highest BCUT2D eigenvalue weighted by Gasteiger charge is 2.38. The van der Waals surface area contributed by atoms with E-state index in [0.29, 0.717) is 13.1 Å². The summed E-state index contributed by atoms with van der Waals surface area (Å²) in [4.78, 5) is 17.7. The number of carbonyl (C=O) groups is 1. The lowest BCUT2D eigenvalue weighted by Gasteiger charge is -2.33. The standard InChI is InChI=1S/C14H23F3N4O2/c1-18-13(19-8-11(22)14(15,16)17)20-10-4-6-21(7-5-10)12(23)9-2-3-9/h9-11,22H,2-8H2,1H3,(H2,18,19,20). The number of amides is 1. The molecule has 1 saturated carbocycles. The Labute approximate surface area is 133 Å². The fraction of sp³-hybridized carbons (Fsp3) is 0.857. The molecule has 0 spiro atoms. The van der Waals surface area contributed by atoms with Crippen LogP contribution in [0.25, 0.3) is 0 Å². The molecule has 2 rings (SSSR count).